The maximum atomic E-state index is 12.8. The summed E-state index contributed by atoms with van der Waals surface area (Å²) in [6.07, 6.45) is -0.127. The van der Waals surface area contributed by atoms with Gasteiger partial charge in [-0.05, 0) is 50.5 Å². The number of nitrogens with zero attached hydrogens (tertiary/aromatic N) is 1. The number of aryl methyl sites for hydroxylation is 2. The molecule has 2 atom stereocenters. The van der Waals surface area contributed by atoms with E-state index >= 15 is 0 Å². The highest BCUT2D eigenvalue weighted by Gasteiger charge is 2.40. The van der Waals surface area contributed by atoms with Crippen LogP contribution in [0.15, 0.2) is 12.1 Å². The van der Waals surface area contributed by atoms with E-state index in [9.17, 15) is 19.7 Å². The first-order valence-corrected chi connectivity index (χ1v) is 12.3. The van der Waals surface area contributed by atoms with Crippen molar-refractivity contribution in [1.82, 2.24) is 4.90 Å². The van der Waals surface area contributed by atoms with E-state index in [1.54, 1.807) is 13.0 Å². The van der Waals surface area contributed by atoms with Crippen LogP contribution in [0.3, 0.4) is 0 Å². The molecule has 3 N–H and O–H groups in total. The lowest BCUT2D eigenvalue weighted by Gasteiger charge is -2.33. The number of hydrogen-bond donors (Lipinski definition) is 3. The van der Waals surface area contributed by atoms with E-state index in [0.717, 1.165) is 35.3 Å². The molecule has 2 aliphatic heterocycles. The number of rotatable bonds is 3. The number of morpholine rings is 1. The highest BCUT2D eigenvalue weighted by Crippen LogP contribution is 2.58. The maximum absolute atomic E-state index is 12.8. The maximum Gasteiger partial charge on any atom is 0.377 e. The molecule has 2 aliphatic rings. The van der Waals surface area contributed by atoms with Gasteiger partial charge in [-0.15, -0.1) is 0 Å². The molecule has 168 valence electrons. The van der Waals surface area contributed by atoms with E-state index in [1.807, 2.05) is 26.8 Å². The molecule has 8 heteroatoms. The van der Waals surface area contributed by atoms with E-state index in [0.29, 0.717) is 42.2 Å². The van der Waals surface area contributed by atoms with Crippen molar-refractivity contribution in [2.45, 2.75) is 40.2 Å². The number of fused-ring (bicyclic) bond motifs is 1. The predicted octanol–water partition coefficient (Wildman–Crippen LogP) is 3.87. The Hall–Kier alpha value is -2.05. The summed E-state index contributed by atoms with van der Waals surface area (Å²) in [6.45, 7) is 10.8. The minimum atomic E-state index is -3.90. The van der Waals surface area contributed by atoms with Gasteiger partial charge in [0.2, 0.25) is 0 Å². The van der Waals surface area contributed by atoms with Crippen LogP contribution in [-0.2, 0) is 15.8 Å². The fourth-order valence-electron chi connectivity index (χ4n) is 4.66. The third kappa shape index (κ3) is 4.08. The Labute approximate surface area is 182 Å². The summed E-state index contributed by atoms with van der Waals surface area (Å²) in [6, 6.07) is 3.82. The van der Waals surface area contributed by atoms with Gasteiger partial charge in [0.1, 0.15) is 17.2 Å². The van der Waals surface area contributed by atoms with Crippen molar-refractivity contribution >= 4 is 7.60 Å². The molecule has 2 unspecified atom stereocenters. The Morgan fingerprint density at radius 2 is 1.71 bits per heavy atom. The lowest BCUT2D eigenvalue weighted by molar-refractivity contribution is 0.0338. The zero-order valence-electron chi connectivity index (χ0n) is 18.4. The zero-order valence-corrected chi connectivity index (χ0v) is 19.3. The highest BCUT2D eigenvalue weighted by atomic mass is 31.2. The van der Waals surface area contributed by atoms with Crippen molar-refractivity contribution in [2.75, 3.05) is 32.5 Å². The van der Waals surface area contributed by atoms with Gasteiger partial charge < -0.3 is 24.4 Å². The molecule has 0 saturated carbocycles. The molecule has 2 aromatic carbocycles. The van der Waals surface area contributed by atoms with Gasteiger partial charge in [0.05, 0.1) is 19.4 Å². The van der Waals surface area contributed by atoms with Crippen molar-refractivity contribution in [2.24, 2.45) is 0 Å². The molecular weight excluding hydrogens is 417 g/mol. The molecule has 2 aromatic rings. The second-order valence-corrected chi connectivity index (χ2v) is 10.5. The lowest BCUT2D eigenvalue weighted by atomic mass is 9.84. The Kier molecular flexibility index (Phi) is 5.81. The van der Waals surface area contributed by atoms with E-state index < -0.39 is 13.5 Å². The number of phenols is 2. The van der Waals surface area contributed by atoms with Gasteiger partial charge in [0.25, 0.3) is 0 Å². The van der Waals surface area contributed by atoms with Crippen LogP contribution in [0.5, 0.6) is 17.2 Å². The smallest absolute Gasteiger partial charge is 0.377 e. The number of ether oxygens (including phenoxy) is 1. The van der Waals surface area contributed by atoms with E-state index in [-0.39, 0.29) is 17.7 Å². The Balaban J connectivity index is 1.86. The normalized spacial score (nSPS) is 24.0. The molecule has 0 bridgehead atoms. The molecule has 7 nitrogen and oxygen atoms in total. The average Bonchev–Trinajstić information content (AvgIpc) is 2.72. The van der Waals surface area contributed by atoms with Crippen molar-refractivity contribution < 1.29 is 28.9 Å². The molecule has 1 fully saturated rings. The lowest BCUT2D eigenvalue weighted by Crippen LogP contribution is -2.35. The van der Waals surface area contributed by atoms with Crippen LogP contribution >= 0.6 is 7.60 Å². The summed E-state index contributed by atoms with van der Waals surface area (Å²) in [5, 5.41) is 21.7. The van der Waals surface area contributed by atoms with Gasteiger partial charge in [-0.3, -0.25) is 4.90 Å². The second kappa shape index (κ2) is 8.14. The van der Waals surface area contributed by atoms with Gasteiger partial charge in [-0.1, -0.05) is 6.07 Å². The Bertz CT molecular complexity index is 1080. The van der Waals surface area contributed by atoms with Crippen LogP contribution in [-0.4, -0.2) is 52.5 Å². The topological polar surface area (TPSA) is 99.5 Å². The van der Waals surface area contributed by atoms with E-state index in [1.165, 1.54) is 0 Å². The first kappa shape index (κ1) is 22.2. The average molecular weight is 447 g/mol. The molecule has 1 saturated heterocycles. The van der Waals surface area contributed by atoms with Gasteiger partial charge in [-0.25, -0.2) is 4.57 Å². The third-order valence-corrected chi connectivity index (χ3v) is 7.82. The minimum Gasteiger partial charge on any atom is -0.507 e. The summed E-state index contributed by atoms with van der Waals surface area (Å²) >= 11 is 0. The van der Waals surface area contributed by atoms with E-state index in [4.69, 9.17) is 9.26 Å². The first-order chi connectivity index (χ1) is 14.6. The highest BCUT2D eigenvalue weighted by molar-refractivity contribution is 7.53. The largest absolute Gasteiger partial charge is 0.507 e. The third-order valence-electron chi connectivity index (χ3n) is 6.52. The first-order valence-electron chi connectivity index (χ1n) is 10.6. The van der Waals surface area contributed by atoms with Crippen LogP contribution in [0.2, 0.25) is 0 Å². The SMILES string of the molecule is Cc1cc(C)c2c(c1C)OP(=O)(O)CC2c1cc(CN2CCOCC2)c(O)c(C)c1O. The zero-order chi connectivity index (χ0) is 22.5. The monoisotopic (exact) mass is 447 g/mol. The van der Waals surface area contributed by atoms with Gasteiger partial charge in [0, 0.05) is 47.8 Å². The summed E-state index contributed by atoms with van der Waals surface area (Å²) in [5.41, 5.74) is 5.18. The van der Waals surface area contributed by atoms with Crippen molar-refractivity contribution in [3.05, 3.63) is 51.1 Å². The van der Waals surface area contributed by atoms with Crippen LogP contribution in [0.1, 0.15) is 44.9 Å². The molecule has 31 heavy (non-hydrogen) atoms. The summed E-state index contributed by atoms with van der Waals surface area (Å²) in [5.74, 6) is -0.0659. The van der Waals surface area contributed by atoms with Crippen molar-refractivity contribution in [1.29, 1.82) is 0 Å². The quantitative estimate of drug-likeness (QED) is 0.614. The molecule has 0 aromatic heterocycles. The van der Waals surface area contributed by atoms with Crippen LogP contribution in [0.4, 0.5) is 0 Å². The predicted molar refractivity (Wildman–Crippen MR) is 118 cm³/mol. The fourth-order valence-corrected chi connectivity index (χ4v) is 6.09. The van der Waals surface area contributed by atoms with Gasteiger partial charge in [-0.2, -0.15) is 0 Å². The number of aromatic hydroxyl groups is 2. The van der Waals surface area contributed by atoms with Crippen LogP contribution in [0, 0.1) is 27.7 Å². The standard InChI is InChI=1S/C23H30NO6P/c1-13-9-14(2)20-19(12-31(27,28)30-23(20)15(13)3)18-10-17(21(25)16(4)22(18)26)11-24-5-7-29-8-6-24/h9-10,19,25-26H,5-8,11-12H2,1-4H3,(H,27,28). The molecule has 2 heterocycles. The molecule has 0 aliphatic carbocycles. The molecule has 0 amide bonds. The minimum absolute atomic E-state index is 0.0429. The summed E-state index contributed by atoms with van der Waals surface area (Å²) < 4.78 is 23.8. The summed E-state index contributed by atoms with van der Waals surface area (Å²) in [4.78, 5) is 12.7. The Morgan fingerprint density at radius 1 is 1.03 bits per heavy atom. The molecule has 0 radical (unpaired) electrons. The van der Waals surface area contributed by atoms with Crippen LogP contribution in [0.25, 0.3) is 0 Å². The number of benzene rings is 2. The number of hydrogen-bond acceptors (Lipinski definition) is 6. The molecular formula is C23H30NO6P. The second-order valence-electron chi connectivity index (χ2n) is 8.68. The van der Waals surface area contributed by atoms with Crippen molar-refractivity contribution in [3.8, 4) is 17.2 Å². The fraction of sp³-hybridized carbons (Fsp3) is 0.478. The number of phenolic OH excluding ortho intramolecular Hbond substituents is 2. The molecule has 4 rings (SSSR count). The Morgan fingerprint density at radius 3 is 2.39 bits per heavy atom. The van der Waals surface area contributed by atoms with Gasteiger partial charge >= 0.3 is 7.60 Å². The molecule has 0 spiro atoms. The van der Waals surface area contributed by atoms with E-state index in [2.05, 4.69) is 4.90 Å². The van der Waals surface area contributed by atoms with Gasteiger partial charge in [0.15, 0.2) is 0 Å². The van der Waals surface area contributed by atoms with Crippen molar-refractivity contribution in [3.63, 3.8) is 0 Å². The summed E-state index contributed by atoms with van der Waals surface area (Å²) in [7, 11) is -3.90. The van der Waals surface area contributed by atoms with Crippen LogP contribution < -0.4 is 4.52 Å².